The number of hydrogen-bond acceptors (Lipinski definition) is 4. The lowest BCUT2D eigenvalue weighted by atomic mass is 10.4. The van der Waals surface area contributed by atoms with E-state index in [2.05, 4.69) is 10.0 Å². The van der Waals surface area contributed by atoms with Crippen molar-refractivity contribution in [3.8, 4) is 0 Å². The Morgan fingerprint density at radius 1 is 1.57 bits per heavy atom. The summed E-state index contributed by atoms with van der Waals surface area (Å²) in [5.74, 6) is 0. The molecule has 0 aromatic rings. The van der Waals surface area contributed by atoms with Crippen molar-refractivity contribution in [2.24, 2.45) is 0 Å². The monoisotopic (exact) mass is 222 g/mol. The van der Waals surface area contributed by atoms with Gasteiger partial charge in [-0.15, -0.1) is 0 Å². The highest BCUT2D eigenvalue weighted by Crippen LogP contribution is 2.07. The molecule has 1 unspecified atom stereocenters. The summed E-state index contributed by atoms with van der Waals surface area (Å²) in [4.78, 5) is 0. The minimum absolute atomic E-state index is 0.274. The molecule has 14 heavy (non-hydrogen) atoms. The Morgan fingerprint density at radius 2 is 2.36 bits per heavy atom. The topological polar surface area (TPSA) is 67.4 Å². The van der Waals surface area contributed by atoms with Crippen LogP contribution in [0, 0.1) is 0 Å². The molecule has 5 nitrogen and oxygen atoms in total. The first kappa shape index (κ1) is 11.9. The summed E-state index contributed by atoms with van der Waals surface area (Å²) in [7, 11) is -3.13. The Morgan fingerprint density at radius 3 is 2.93 bits per heavy atom. The Labute approximate surface area is 85.3 Å². The van der Waals surface area contributed by atoms with E-state index in [0.29, 0.717) is 32.7 Å². The maximum atomic E-state index is 11.6. The largest absolute Gasteiger partial charge is 0.380 e. The lowest BCUT2D eigenvalue weighted by Gasteiger charge is -2.11. The molecule has 6 heteroatoms. The Bertz CT molecular complexity index is 247. The molecule has 0 aromatic carbocycles. The van der Waals surface area contributed by atoms with Crippen LogP contribution in [0.3, 0.4) is 0 Å². The van der Waals surface area contributed by atoms with E-state index >= 15 is 0 Å². The van der Waals surface area contributed by atoms with Gasteiger partial charge >= 0.3 is 0 Å². The summed E-state index contributed by atoms with van der Waals surface area (Å²) in [6, 6.07) is 0. The molecule has 1 fully saturated rings. The third kappa shape index (κ3) is 3.53. The van der Waals surface area contributed by atoms with Gasteiger partial charge in [0, 0.05) is 19.7 Å². The van der Waals surface area contributed by atoms with Gasteiger partial charge in [-0.1, -0.05) is 0 Å². The number of sulfonamides is 1. The van der Waals surface area contributed by atoms with Crippen LogP contribution < -0.4 is 10.0 Å². The van der Waals surface area contributed by atoms with E-state index in [1.165, 1.54) is 0 Å². The molecule has 84 valence electrons. The predicted molar refractivity (Wildman–Crippen MR) is 54.7 cm³/mol. The fourth-order valence-electron chi connectivity index (χ4n) is 1.41. The fourth-order valence-corrected chi connectivity index (χ4v) is 2.78. The first-order chi connectivity index (χ1) is 6.67. The zero-order valence-corrected chi connectivity index (χ0v) is 9.27. The standard InChI is InChI=1S/C8H18N2O3S/c1-2-13-6-5-10-14(11,12)8-3-4-9-7-8/h8-10H,2-7H2,1H3. The van der Waals surface area contributed by atoms with Crippen LogP contribution in [-0.2, 0) is 14.8 Å². The SMILES string of the molecule is CCOCCNS(=O)(=O)C1CCNC1. The molecule has 2 N–H and O–H groups in total. The molecule has 1 atom stereocenters. The van der Waals surface area contributed by atoms with Gasteiger partial charge in [-0.25, -0.2) is 13.1 Å². The Kier molecular flexibility index (Phi) is 4.80. The summed E-state index contributed by atoms with van der Waals surface area (Å²) in [5.41, 5.74) is 0. The van der Waals surface area contributed by atoms with Crippen molar-refractivity contribution in [1.29, 1.82) is 0 Å². The zero-order chi connectivity index (χ0) is 10.4. The summed E-state index contributed by atoms with van der Waals surface area (Å²) < 4.78 is 30.8. The predicted octanol–water partition coefficient (Wildman–Crippen LogP) is -0.696. The van der Waals surface area contributed by atoms with Crippen LogP contribution in [0.2, 0.25) is 0 Å². The molecular formula is C8H18N2O3S. The fraction of sp³-hybridized carbons (Fsp3) is 1.00. The third-order valence-corrected chi connectivity index (χ3v) is 4.09. The number of hydrogen-bond donors (Lipinski definition) is 2. The van der Waals surface area contributed by atoms with E-state index in [1.54, 1.807) is 0 Å². The van der Waals surface area contributed by atoms with Crippen molar-refractivity contribution in [3.05, 3.63) is 0 Å². The average Bonchev–Trinajstić information content (AvgIpc) is 2.65. The zero-order valence-electron chi connectivity index (χ0n) is 8.45. The van der Waals surface area contributed by atoms with E-state index in [0.717, 1.165) is 6.54 Å². The number of rotatable bonds is 6. The first-order valence-corrected chi connectivity index (χ1v) is 6.48. The van der Waals surface area contributed by atoms with Crippen molar-refractivity contribution in [2.45, 2.75) is 18.6 Å². The van der Waals surface area contributed by atoms with Crippen molar-refractivity contribution in [2.75, 3.05) is 32.8 Å². The minimum atomic E-state index is -3.13. The molecule has 0 spiro atoms. The van der Waals surface area contributed by atoms with Crippen LogP contribution in [0.15, 0.2) is 0 Å². The molecule has 0 radical (unpaired) electrons. The van der Waals surface area contributed by atoms with Gasteiger partial charge in [0.05, 0.1) is 11.9 Å². The van der Waals surface area contributed by atoms with E-state index < -0.39 is 10.0 Å². The van der Waals surface area contributed by atoms with Crippen LogP contribution in [-0.4, -0.2) is 46.5 Å². The molecule has 1 rings (SSSR count). The van der Waals surface area contributed by atoms with Crippen LogP contribution in [0.5, 0.6) is 0 Å². The minimum Gasteiger partial charge on any atom is -0.380 e. The highest BCUT2D eigenvalue weighted by molar-refractivity contribution is 7.90. The van der Waals surface area contributed by atoms with Crippen molar-refractivity contribution < 1.29 is 13.2 Å². The lowest BCUT2D eigenvalue weighted by molar-refractivity contribution is 0.153. The van der Waals surface area contributed by atoms with Gasteiger partial charge in [-0.2, -0.15) is 0 Å². The average molecular weight is 222 g/mol. The second kappa shape index (κ2) is 5.65. The van der Waals surface area contributed by atoms with Gasteiger partial charge < -0.3 is 10.1 Å². The summed E-state index contributed by atoms with van der Waals surface area (Å²) in [5, 5.41) is 2.76. The Hall–Kier alpha value is -0.170. The van der Waals surface area contributed by atoms with E-state index in [1.807, 2.05) is 6.92 Å². The number of nitrogens with one attached hydrogen (secondary N) is 2. The molecule has 1 heterocycles. The Balaban J connectivity index is 2.26. The van der Waals surface area contributed by atoms with E-state index in [-0.39, 0.29) is 5.25 Å². The van der Waals surface area contributed by atoms with Crippen LogP contribution >= 0.6 is 0 Å². The second-order valence-electron chi connectivity index (χ2n) is 3.25. The van der Waals surface area contributed by atoms with Crippen molar-refractivity contribution >= 4 is 10.0 Å². The van der Waals surface area contributed by atoms with E-state index in [4.69, 9.17) is 4.74 Å². The molecule has 0 saturated carbocycles. The molecule has 0 bridgehead atoms. The first-order valence-electron chi connectivity index (χ1n) is 4.93. The normalized spacial score (nSPS) is 22.8. The van der Waals surface area contributed by atoms with Gasteiger partial charge in [0.25, 0.3) is 0 Å². The van der Waals surface area contributed by atoms with Crippen molar-refractivity contribution in [3.63, 3.8) is 0 Å². The lowest BCUT2D eigenvalue weighted by Crippen LogP contribution is -2.37. The molecule has 1 saturated heterocycles. The molecule has 1 aliphatic heterocycles. The molecular weight excluding hydrogens is 204 g/mol. The van der Waals surface area contributed by atoms with Crippen LogP contribution in [0.1, 0.15) is 13.3 Å². The second-order valence-corrected chi connectivity index (χ2v) is 5.30. The van der Waals surface area contributed by atoms with Gasteiger partial charge in [0.2, 0.25) is 10.0 Å². The van der Waals surface area contributed by atoms with E-state index in [9.17, 15) is 8.42 Å². The summed E-state index contributed by atoms with van der Waals surface area (Å²) >= 11 is 0. The van der Waals surface area contributed by atoms with Gasteiger partial charge in [0.1, 0.15) is 0 Å². The molecule has 0 aliphatic carbocycles. The van der Waals surface area contributed by atoms with Gasteiger partial charge in [-0.3, -0.25) is 0 Å². The van der Waals surface area contributed by atoms with Gasteiger partial charge in [-0.05, 0) is 19.9 Å². The number of ether oxygens (including phenoxy) is 1. The molecule has 0 amide bonds. The molecule has 0 aromatic heterocycles. The smallest absolute Gasteiger partial charge is 0.215 e. The van der Waals surface area contributed by atoms with Crippen LogP contribution in [0.25, 0.3) is 0 Å². The van der Waals surface area contributed by atoms with Crippen molar-refractivity contribution in [1.82, 2.24) is 10.0 Å². The van der Waals surface area contributed by atoms with Gasteiger partial charge in [0.15, 0.2) is 0 Å². The maximum Gasteiger partial charge on any atom is 0.215 e. The quantitative estimate of drug-likeness (QED) is 0.583. The summed E-state index contributed by atoms with van der Waals surface area (Å²) in [6.07, 6.45) is 0.698. The van der Waals surface area contributed by atoms with Crippen LogP contribution in [0.4, 0.5) is 0 Å². The maximum absolute atomic E-state index is 11.6. The third-order valence-electron chi connectivity index (χ3n) is 2.21. The molecule has 1 aliphatic rings. The summed E-state index contributed by atoms with van der Waals surface area (Å²) in [6.45, 7) is 4.66. The highest BCUT2D eigenvalue weighted by atomic mass is 32.2. The highest BCUT2D eigenvalue weighted by Gasteiger charge is 2.27.